The minimum Gasteiger partial charge on any atom is -0.497 e. The lowest BCUT2D eigenvalue weighted by atomic mass is 10.2. The molecule has 0 bridgehead atoms. The second kappa shape index (κ2) is 7.17. The standard InChI is InChI=1S/C15H20N4OS/c1-16-13-9-14(18-15(17-13)21-4)19(2)10-11-5-7-12(20-3)8-6-11/h5-9H,10H2,1-4H3,(H,16,17,18). The van der Waals surface area contributed by atoms with Crippen LogP contribution in [0.3, 0.4) is 0 Å². The summed E-state index contributed by atoms with van der Waals surface area (Å²) < 4.78 is 5.17. The molecule has 0 aliphatic rings. The maximum Gasteiger partial charge on any atom is 0.191 e. The van der Waals surface area contributed by atoms with Gasteiger partial charge in [0.25, 0.3) is 0 Å². The Morgan fingerprint density at radius 3 is 2.52 bits per heavy atom. The van der Waals surface area contributed by atoms with E-state index in [1.165, 1.54) is 17.3 Å². The van der Waals surface area contributed by atoms with Crippen molar-refractivity contribution in [2.24, 2.45) is 0 Å². The molecule has 1 heterocycles. The van der Waals surface area contributed by atoms with E-state index in [1.54, 1.807) is 7.11 Å². The fraction of sp³-hybridized carbons (Fsp3) is 0.333. The van der Waals surface area contributed by atoms with E-state index in [4.69, 9.17) is 4.74 Å². The number of nitrogens with zero attached hydrogens (tertiary/aromatic N) is 3. The summed E-state index contributed by atoms with van der Waals surface area (Å²) in [6, 6.07) is 10.0. The molecule has 112 valence electrons. The summed E-state index contributed by atoms with van der Waals surface area (Å²) in [4.78, 5) is 11.0. The second-order valence-corrected chi connectivity index (χ2v) is 5.33. The summed E-state index contributed by atoms with van der Waals surface area (Å²) in [6.45, 7) is 0.776. The van der Waals surface area contributed by atoms with E-state index >= 15 is 0 Å². The van der Waals surface area contributed by atoms with Crippen molar-refractivity contribution in [3.63, 3.8) is 0 Å². The molecule has 0 amide bonds. The van der Waals surface area contributed by atoms with E-state index in [2.05, 4.69) is 32.3 Å². The van der Waals surface area contributed by atoms with Crippen LogP contribution in [0.4, 0.5) is 11.6 Å². The number of methoxy groups -OCH3 is 1. The Labute approximate surface area is 129 Å². The van der Waals surface area contributed by atoms with Crippen LogP contribution in [-0.2, 0) is 6.54 Å². The molecule has 0 saturated carbocycles. The Bertz CT molecular complexity index is 566. The monoisotopic (exact) mass is 304 g/mol. The van der Waals surface area contributed by atoms with Crippen LogP contribution < -0.4 is 15.0 Å². The number of anilines is 2. The highest BCUT2D eigenvalue weighted by Crippen LogP contribution is 2.21. The van der Waals surface area contributed by atoms with Gasteiger partial charge in [-0.1, -0.05) is 23.9 Å². The Hall–Kier alpha value is -1.95. The molecule has 0 saturated heterocycles. The molecule has 1 aromatic carbocycles. The van der Waals surface area contributed by atoms with Gasteiger partial charge in [-0.25, -0.2) is 9.97 Å². The topological polar surface area (TPSA) is 50.3 Å². The van der Waals surface area contributed by atoms with Gasteiger partial charge >= 0.3 is 0 Å². The predicted molar refractivity (Wildman–Crippen MR) is 88.5 cm³/mol. The number of thioether (sulfide) groups is 1. The smallest absolute Gasteiger partial charge is 0.191 e. The third kappa shape index (κ3) is 4.01. The Morgan fingerprint density at radius 2 is 1.95 bits per heavy atom. The minimum atomic E-state index is 0.762. The summed E-state index contributed by atoms with van der Waals surface area (Å²) in [6.07, 6.45) is 1.97. The summed E-state index contributed by atoms with van der Waals surface area (Å²) in [5, 5.41) is 3.83. The molecule has 0 fully saturated rings. The number of aromatic nitrogens is 2. The van der Waals surface area contributed by atoms with Crippen molar-refractivity contribution < 1.29 is 4.74 Å². The van der Waals surface area contributed by atoms with E-state index in [9.17, 15) is 0 Å². The number of benzene rings is 1. The number of hydrogen-bond donors (Lipinski definition) is 1. The third-order valence-corrected chi connectivity index (χ3v) is 3.65. The molecular weight excluding hydrogens is 284 g/mol. The van der Waals surface area contributed by atoms with Crippen molar-refractivity contribution in [3.8, 4) is 5.75 Å². The van der Waals surface area contributed by atoms with Crippen molar-refractivity contribution >= 4 is 23.4 Å². The Morgan fingerprint density at radius 1 is 1.24 bits per heavy atom. The average molecular weight is 304 g/mol. The molecule has 0 radical (unpaired) electrons. The van der Waals surface area contributed by atoms with Gasteiger partial charge < -0.3 is 15.0 Å². The molecule has 0 aliphatic carbocycles. The SMILES string of the molecule is CNc1cc(N(C)Cc2ccc(OC)cc2)nc(SC)n1. The van der Waals surface area contributed by atoms with Gasteiger partial charge in [0.1, 0.15) is 17.4 Å². The van der Waals surface area contributed by atoms with Crippen LogP contribution in [0.25, 0.3) is 0 Å². The number of nitrogens with one attached hydrogen (secondary N) is 1. The van der Waals surface area contributed by atoms with Crippen LogP contribution in [0.15, 0.2) is 35.5 Å². The lowest BCUT2D eigenvalue weighted by molar-refractivity contribution is 0.414. The lowest BCUT2D eigenvalue weighted by Gasteiger charge is -2.19. The van der Waals surface area contributed by atoms with Gasteiger partial charge in [-0.2, -0.15) is 0 Å². The normalized spacial score (nSPS) is 10.3. The molecule has 2 rings (SSSR count). The van der Waals surface area contributed by atoms with Gasteiger partial charge in [0.05, 0.1) is 7.11 Å². The molecule has 1 N–H and O–H groups in total. The van der Waals surface area contributed by atoms with Crippen LogP contribution >= 0.6 is 11.8 Å². The summed E-state index contributed by atoms with van der Waals surface area (Å²) in [7, 11) is 5.56. The number of ether oxygens (including phenoxy) is 1. The van der Waals surface area contributed by atoms with Crippen molar-refractivity contribution in [2.75, 3.05) is 37.7 Å². The zero-order valence-electron chi connectivity index (χ0n) is 12.8. The molecule has 5 nitrogen and oxygen atoms in total. The van der Waals surface area contributed by atoms with Crippen molar-refractivity contribution in [3.05, 3.63) is 35.9 Å². The Balaban J connectivity index is 2.16. The van der Waals surface area contributed by atoms with Crippen LogP contribution in [-0.4, -0.2) is 37.4 Å². The van der Waals surface area contributed by atoms with Gasteiger partial charge in [0, 0.05) is 26.7 Å². The average Bonchev–Trinajstić information content (AvgIpc) is 2.54. The van der Waals surface area contributed by atoms with Gasteiger partial charge in [0.15, 0.2) is 5.16 Å². The van der Waals surface area contributed by atoms with E-state index in [1.807, 2.05) is 38.6 Å². The van der Waals surface area contributed by atoms with Crippen molar-refractivity contribution in [2.45, 2.75) is 11.7 Å². The highest BCUT2D eigenvalue weighted by Gasteiger charge is 2.08. The second-order valence-electron chi connectivity index (χ2n) is 4.55. The third-order valence-electron chi connectivity index (χ3n) is 3.10. The van der Waals surface area contributed by atoms with Crippen molar-refractivity contribution in [1.29, 1.82) is 0 Å². The molecular formula is C15H20N4OS. The predicted octanol–water partition coefficient (Wildman–Crippen LogP) is 2.89. The zero-order valence-corrected chi connectivity index (χ0v) is 13.6. The minimum absolute atomic E-state index is 0.762. The largest absolute Gasteiger partial charge is 0.497 e. The van der Waals surface area contributed by atoms with Crippen LogP contribution in [0.1, 0.15) is 5.56 Å². The molecule has 0 spiro atoms. The molecule has 21 heavy (non-hydrogen) atoms. The summed E-state index contributed by atoms with van der Waals surface area (Å²) in [5.41, 5.74) is 1.20. The fourth-order valence-corrected chi connectivity index (χ4v) is 2.29. The Kier molecular flexibility index (Phi) is 5.27. The van der Waals surface area contributed by atoms with Gasteiger partial charge in [-0.15, -0.1) is 0 Å². The van der Waals surface area contributed by atoms with Crippen LogP contribution in [0.5, 0.6) is 5.75 Å². The fourth-order valence-electron chi connectivity index (χ4n) is 1.91. The molecule has 0 unspecified atom stereocenters. The first-order valence-electron chi connectivity index (χ1n) is 6.61. The maximum absolute atomic E-state index is 5.17. The highest BCUT2D eigenvalue weighted by atomic mass is 32.2. The zero-order chi connectivity index (χ0) is 15.2. The summed E-state index contributed by atoms with van der Waals surface area (Å²) in [5.74, 6) is 2.59. The highest BCUT2D eigenvalue weighted by molar-refractivity contribution is 7.98. The molecule has 0 atom stereocenters. The van der Waals surface area contributed by atoms with Gasteiger partial charge in [-0.3, -0.25) is 0 Å². The van der Waals surface area contributed by atoms with Gasteiger partial charge in [-0.05, 0) is 24.0 Å². The maximum atomic E-state index is 5.17. The molecule has 0 aliphatic heterocycles. The van der Waals surface area contributed by atoms with Crippen LogP contribution in [0, 0.1) is 0 Å². The molecule has 1 aromatic heterocycles. The molecule has 2 aromatic rings. The first-order valence-corrected chi connectivity index (χ1v) is 7.83. The van der Waals surface area contributed by atoms with Crippen molar-refractivity contribution in [1.82, 2.24) is 9.97 Å². The van der Waals surface area contributed by atoms with Crippen LogP contribution in [0.2, 0.25) is 0 Å². The van der Waals surface area contributed by atoms with E-state index in [0.717, 1.165) is 29.1 Å². The van der Waals surface area contributed by atoms with Gasteiger partial charge in [0.2, 0.25) is 0 Å². The number of rotatable bonds is 6. The number of hydrogen-bond acceptors (Lipinski definition) is 6. The summed E-state index contributed by atoms with van der Waals surface area (Å²) >= 11 is 1.54. The molecule has 6 heteroatoms. The first kappa shape index (κ1) is 15.4. The van der Waals surface area contributed by atoms with E-state index < -0.39 is 0 Å². The quantitative estimate of drug-likeness (QED) is 0.654. The van der Waals surface area contributed by atoms with E-state index in [-0.39, 0.29) is 0 Å². The van der Waals surface area contributed by atoms with E-state index in [0.29, 0.717) is 0 Å². The lowest BCUT2D eigenvalue weighted by Crippen LogP contribution is -2.18. The first-order chi connectivity index (χ1) is 10.2.